The number of aromatic nitrogens is 2. The fourth-order valence-corrected chi connectivity index (χ4v) is 2.92. The molecule has 1 aromatic heterocycles. The lowest BCUT2D eigenvalue weighted by atomic mass is 9.80. The molecule has 2 N–H and O–H groups in total. The monoisotopic (exact) mass is 265 g/mol. The summed E-state index contributed by atoms with van der Waals surface area (Å²) in [6.07, 6.45) is 6.69. The van der Waals surface area contributed by atoms with E-state index in [1.165, 1.54) is 31.9 Å². The van der Waals surface area contributed by atoms with E-state index >= 15 is 0 Å². The molecule has 0 radical (unpaired) electrons. The first-order valence-electron chi connectivity index (χ1n) is 7.04. The molecule has 1 aliphatic carbocycles. The highest BCUT2D eigenvalue weighted by Gasteiger charge is 2.21. The Bertz CT molecular complexity index is 442. The number of aryl methyl sites for hydroxylation is 1. The molecule has 1 fully saturated rings. The number of nitrogens with zero attached hydrogens (tertiary/aromatic N) is 2. The summed E-state index contributed by atoms with van der Waals surface area (Å²) < 4.78 is 1.64. The fourth-order valence-electron chi connectivity index (χ4n) is 2.92. The summed E-state index contributed by atoms with van der Waals surface area (Å²) in [5, 5.41) is 16.5. The van der Waals surface area contributed by atoms with Crippen LogP contribution in [0.1, 0.15) is 48.7 Å². The molecule has 5 nitrogen and oxygen atoms in total. The molecule has 5 heteroatoms. The summed E-state index contributed by atoms with van der Waals surface area (Å²) in [5.74, 6) is 0.581. The van der Waals surface area contributed by atoms with Gasteiger partial charge in [0.1, 0.15) is 5.56 Å². The van der Waals surface area contributed by atoms with Gasteiger partial charge in [0.05, 0.1) is 11.9 Å². The maximum atomic E-state index is 11.1. The smallest absolute Gasteiger partial charge is 0.339 e. The predicted molar refractivity (Wildman–Crippen MR) is 73.0 cm³/mol. The van der Waals surface area contributed by atoms with Gasteiger partial charge in [-0.3, -0.25) is 4.68 Å². The minimum atomic E-state index is -0.907. The van der Waals surface area contributed by atoms with E-state index in [0.29, 0.717) is 12.1 Å². The fraction of sp³-hybridized carbons (Fsp3) is 0.714. The van der Waals surface area contributed by atoms with E-state index in [1.807, 2.05) is 0 Å². The average Bonchev–Trinajstić information content (AvgIpc) is 2.74. The maximum absolute atomic E-state index is 11.1. The summed E-state index contributed by atoms with van der Waals surface area (Å²) >= 11 is 0. The summed E-state index contributed by atoms with van der Waals surface area (Å²) in [6.45, 7) is 3.85. The van der Waals surface area contributed by atoms with E-state index in [0.717, 1.165) is 24.1 Å². The van der Waals surface area contributed by atoms with Crippen molar-refractivity contribution in [3.05, 3.63) is 17.5 Å². The Labute approximate surface area is 114 Å². The minimum absolute atomic E-state index is 0.298. The average molecular weight is 265 g/mol. The summed E-state index contributed by atoms with van der Waals surface area (Å²) in [6, 6.07) is 0. The zero-order valence-corrected chi connectivity index (χ0v) is 11.7. The molecule has 0 aromatic carbocycles. The van der Waals surface area contributed by atoms with Gasteiger partial charge in [0.2, 0.25) is 0 Å². The van der Waals surface area contributed by atoms with Gasteiger partial charge < -0.3 is 10.4 Å². The number of carbonyl (C=O) groups is 1. The van der Waals surface area contributed by atoms with Gasteiger partial charge in [-0.25, -0.2) is 4.79 Å². The lowest BCUT2D eigenvalue weighted by Gasteiger charge is -2.28. The summed E-state index contributed by atoms with van der Waals surface area (Å²) in [4.78, 5) is 11.1. The quantitative estimate of drug-likeness (QED) is 0.855. The molecule has 106 valence electrons. The van der Waals surface area contributed by atoms with Crippen LogP contribution in [0.25, 0.3) is 0 Å². The van der Waals surface area contributed by atoms with Crippen molar-refractivity contribution in [1.82, 2.24) is 15.1 Å². The molecule has 1 aromatic rings. The van der Waals surface area contributed by atoms with E-state index in [1.54, 1.807) is 11.7 Å². The molecule has 0 amide bonds. The molecule has 2 atom stereocenters. The molecule has 19 heavy (non-hydrogen) atoms. The molecule has 0 spiro atoms. The predicted octanol–water partition coefficient (Wildman–Crippen LogP) is 2.03. The van der Waals surface area contributed by atoms with Gasteiger partial charge in [-0.15, -0.1) is 0 Å². The van der Waals surface area contributed by atoms with E-state index in [4.69, 9.17) is 5.11 Å². The van der Waals surface area contributed by atoms with Gasteiger partial charge in [0.25, 0.3) is 0 Å². The van der Waals surface area contributed by atoms with Crippen molar-refractivity contribution in [2.24, 2.45) is 18.9 Å². The highest BCUT2D eigenvalue weighted by atomic mass is 16.4. The summed E-state index contributed by atoms with van der Waals surface area (Å²) in [5.41, 5.74) is 1.04. The molecule has 0 bridgehead atoms. The van der Waals surface area contributed by atoms with Gasteiger partial charge >= 0.3 is 5.97 Å². The number of nitrogens with one attached hydrogen (secondary N) is 1. The van der Waals surface area contributed by atoms with Gasteiger partial charge in [0.15, 0.2) is 0 Å². The molecule has 2 rings (SSSR count). The number of hydrogen-bond donors (Lipinski definition) is 2. The largest absolute Gasteiger partial charge is 0.478 e. The summed E-state index contributed by atoms with van der Waals surface area (Å²) in [7, 11) is 1.78. The molecule has 0 saturated heterocycles. The van der Waals surface area contributed by atoms with Crippen LogP contribution in [-0.2, 0) is 13.6 Å². The van der Waals surface area contributed by atoms with Crippen LogP contribution in [0, 0.1) is 11.8 Å². The highest BCUT2D eigenvalue weighted by Crippen LogP contribution is 2.28. The van der Waals surface area contributed by atoms with Crippen LogP contribution in [-0.4, -0.2) is 27.4 Å². The van der Waals surface area contributed by atoms with Gasteiger partial charge in [0, 0.05) is 13.6 Å². The van der Waals surface area contributed by atoms with Crippen LogP contribution in [0.4, 0.5) is 0 Å². The third kappa shape index (κ3) is 3.35. The van der Waals surface area contributed by atoms with Crippen LogP contribution in [0.15, 0.2) is 6.20 Å². The number of carboxylic acid groups (broad SMARTS) is 1. The molecule has 2 unspecified atom stereocenters. The lowest BCUT2D eigenvalue weighted by molar-refractivity contribution is 0.0695. The molecule has 0 aliphatic heterocycles. The first kappa shape index (κ1) is 14.1. The van der Waals surface area contributed by atoms with E-state index < -0.39 is 5.97 Å². The Kier molecular flexibility index (Phi) is 4.58. The van der Waals surface area contributed by atoms with Crippen LogP contribution in [0.2, 0.25) is 0 Å². The van der Waals surface area contributed by atoms with Crippen LogP contribution < -0.4 is 5.32 Å². The van der Waals surface area contributed by atoms with Crippen molar-refractivity contribution in [1.29, 1.82) is 0 Å². The minimum Gasteiger partial charge on any atom is -0.478 e. The van der Waals surface area contributed by atoms with Crippen molar-refractivity contribution in [3.63, 3.8) is 0 Å². The third-order valence-corrected chi connectivity index (χ3v) is 4.28. The second-order valence-electron chi connectivity index (χ2n) is 5.59. The number of rotatable bonds is 5. The first-order chi connectivity index (χ1) is 9.09. The van der Waals surface area contributed by atoms with Gasteiger partial charge in [-0.05, 0) is 24.8 Å². The highest BCUT2D eigenvalue weighted by molar-refractivity contribution is 5.88. The second-order valence-corrected chi connectivity index (χ2v) is 5.59. The molecule has 1 saturated carbocycles. The van der Waals surface area contributed by atoms with Crippen molar-refractivity contribution < 1.29 is 9.90 Å². The number of aromatic carboxylic acids is 1. The first-order valence-corrected chi connectivity index (χ1v) is 7.04. The van der Waals surface area contributed by atoms with Crippen molar-refractivity contribution >= 4 is 5.97 Å². The zero-order valence-electron chi connectivity index (χ0n) is 11.7. The van der Waals surface area contributed by atoms with E-state index in [-0.39, 0.29) is 0 Å². The Morgan fingerprint density at radius 3 is 2.95 bits per heavy atom. The lowest BCUT2D eigenvalue weighted by Crippen LogP contribution is -2.30. The number of hydrogen-bond acceptors (Lipinski definition) is 3. The molecular formula is C14H23N3O2. The van der Waals surface area contributed by atoms with Crippen molar-refractivity contribution in [2.45, 2.75) is 39.2 Å². The van der Waals surface area contributed by atoms with Crippen LogP contribution >= 0.6 is 0 Å². The Hall–Kier alpha value is -1.36. The zero-order chi connectivity index (χ0) is 13.8. The Balaban J connectivity index is 1.88. The maximum Gasteiger partial charge on any atom is 0.339 e. The van der Waals surface area contributed by atoms with E-state index in [9.17, 15) is 4.79 Å². The van der Waals surface area contributed by atoms with Crippen molar-refractivity contribution in [3.8, 4) is 0 Å². The molecule has 1 heterocycles. The SMILES string of the molecule is CC1CCCCC1CNCc1c(C(=O)O)cnn1C. The third-order valence-electron chi connectivity index (χ3n) is 4.28. The Morgan fingerprint density at radius 1 is 1.53 bits per heavy atom. The normalized spacial score (nSPS) is 23.5. The topological polar surface area (TPSA) is 67.2 Å². The van der Waals surface area contributed by atoms with Gasteiger partial charge in [-0.2, -0.15) is 5.10 Å². The molecular weight excluding hydrogens is 242 g/mol. The second kappa shape index (κ2) is 6.19. The Morgan fingerprint density at radius 2 is 2.26 bits per heavy atom. The standard InChI is InChI=1S/C14H23N3O2/c1-10-5-3-4-6-11(10)7-15-9-13-12(14(18)19)8-16-17(13)2/h8,10-11,15H,3-7,9H2,1-2H3,(H,18,19). The number of carboxylic acids is 1. The van der Waals surface area contributed by atoms with E-state index in [2.05, 4.69) is 17.3 Å². The van der Waals surface area contributed by atoms with Gasteiger partial charge in [-0.1, -0.05) is 26.2 Å². The van der Waals surface area contributed by atoms with Crippen molar-refractivity contribution in [2.75, 3.05) is 6.54 Å². The van der Waals surface area contributed by atoms with Crippen LogP contribution in [0.5, 0.6) is 0 Å². The van der Waals surface area contributed by atoms with Crippen LogP contribution in [0.3, 0.4) is 0 Å². The molecule has 1 aliphatic rings.